The number of hydrogen-bond donors (Lipinski definition) is 1. The molecule has 1 amide bonds. The molecule has 1 saturated heterocycles. The third kappa shape index (κ3) is 4.39. The number of carbonyl (C=O) groups is 2. The second-order valence-corrected chi connectivity index (χ2v) is 9.86. The molecule has 5 rings (SSSR count). The van der Waals surface area contributed by atoms with Gasteiger partial charge >= 0.3 is 5.97 Å². The van der Waals surface area contributed by atoms with Crippen LogP contribution >= 0.6 is 0 Å². The summed E-state index contributed by atoms with van der Waals surface area (Å²) in [6, 6.07) is 6.74. The van der Waals surface area contributed by atoms with Crippen LogP contribution in [0.3, 0.4) is 0 Å². The van der Waals surface area contributed by atoms with Crippen LogP contribution in [0.25, 0.3) is 0 Å². The molecule has 2 aromatic carbocycles. The van der Waals surface area contributed by atoms with Crippen LogP contribution < -0.4 is 9.04 Å². The van der Waals surface area contributed by atoms with Gasteiger partial charge in [0.25, 0.3) is 0 Å². The van der Waals surface area contributed by atoms with Crippen molar-refractivity contribution in [1.82, 2.24) is 9.80 Å². The number of halogens is 1. The van der Waals surface area contributed by atoms with E-state index in [-0.39, 0.29) is 53.2 Å². The summed E-state index contributed by atoms with van der Waals surface area (Å²) >= 11 is -2.94. The molecule has 2 aromatic rings. The predicted molar refractivity (Wildman–Crippen MR) is 125 cm³/mol. The Balaban J connectivity index is 1.57. The first-order valence-electron chi connectivity index (χ1n) is 11.5. The standard InChI is InChI=1S/C24H26FN3O6S/c1-2-26-7-8-27(21(29)12-26)11-14-9-16(25)3-5-19(14)28(35(32)33)20-6-4-17-18-10-15(18)13-34-23(17)22(20)24(30)31/h3-6,9,15,18H,2,7-8,10-13H2,1H3,(H,30,31)(H,32,33)/p-1. The van der Waals surface area contributed by atoms with Gasteiger partial charge in [0.2, 0.25) is 5.91 Å². The molecule has 3 unspecified atom stereocenters. The molecule has 1 saturated carbocycles. The van der Waals surface area contributed by atoms with E-state index in [2.05, 4.69) is 0 Å². The fraction of sp³-hybridized carbons (Fsp3) is 0.417. The molecule has 3 atom stereocenters. The summed E-state index contributed by atoms with van der Waals surface area (Å²) in [5, 5.41) is 10.0. The number of carboxylic acid groups (broad SMARTS) is 1. The van der Waals surface area contributed by atoms with Crippen molar-refractivity contribution in [3.63, 3.8) is 0 Å². The van der Waals surface area contributed by atoms with E-state index in [0.29, 0.717) is 25.6 Å². The van der Waals surface area contributed by atoms with Gasteiger partial charge in [-0.1, -0.05) is 13.0 Å². The lowest BCUT2D eigenvalue weighted by molar-refractivity contribution is -0.136. The van der Waals surface area contributed by atoms with E-state index < -0.39 is 23.1 Å². The average Bonchev–Trinajstić information content (AvgIpc) is 3.61. The fourth-order valence-electron chi connectivity index (χ4n) is 4.98. The van der Waals surface area contributed by atoms with Crippen molar-refractivity contribution in [3.8, 4) is 5.75 Å². The number of rotatable bonds is 7. The maximum Gasteiger partial charge on any atom is 0.341 e. The van der Waals surface area contributed by atoms with E-state index in [0.717, 1.165) is 28.9 Å². The molecule has 9 nitrogen and oxygen atoms in total. The van der Waals surface area contributed by atoms with Crippen molar-refractivity contribution in [2.45, 2.75) is 25.8 Å². The summed E-state index contributed by atoms with van der Waals surface area (Å²) in [6.07, 6.45) is 0.907. The van der Waals surface area contributed by atoms with Crippen LogP contribution in [0.2, 0.25) is 0 Å². The Hall–Kier alpha value is -3.02. The number of hydrogen-bond acceptors (Lipinski definition) is 6. The SMILES string of the molecule is CCN1CCN(Cc2cc(F)ccc2N(c2ccc3c(c2C(=O)O)OCC2CC32)S(=O)[O-])C(=O)C1. The van der Waals surface area contributed by atoms with Crippen LogP contribution in [-0.4, -0.2) is 68.3 Å². The fourth-order valence-corrected chi connectivity index (χ4v) is 5.64. The molecule has 2 heterocycles. The molecule has 186 valence electrons. The van der Waals surface area contributed by atoms with Crippen molar-refractivity contribution in [3.05, 3.63) is 52.8 Å². The summed E-state index contributed by atoms with van der Waals surface area (Å²) in [5.41, 5.74) is 0.745. The molecular formula is C24H25FN3O6S-. The minimum atomic E-state index is -2.94. The molecule has 2 fully saturated rings. The van der Waals surface area contributed by atoms with Crippen molar-refractivity contribution >= 4 is 34.5 Å². The van der Waals surface area contributed by atoms with Crippen LogP contribution in [0, 0.1) is 11.7 Å². The van der Waals surface area contributed by atoms with E-state index in [4.69, 9.17) is 4.74 Å². The van der Waals surface area contributed by atoms with Gasteiger partial charge in [0, 0.05) is 25.6 Å². The van der Waals surface area contributed by atoms with E-state index in [1.807, 2.05) is 11.8 Å². The number of ether oxygens (including phenoxy) is 1. The maximum atomic E-state index is 14.3. The number of carboxylic acids is 1. The molecule has 0 aromatic heterocycles. The first-order valence-corrected chi connectivity index (χ1v) is 12.5. The molecule has 3 aliphatic rings. The van der Waals surface area contributed by atoms with Crippen molar-refractivity contribution in [1.29, 1.82) is 0 Å². The second-order valence-electron chi connectivity index (χ2n) is 9.07. The first kappa shape index (κ1) is 23.7. The highest BCUT2D eigenvalue weighted by atomic mass is 32.2. The van der Waals surface area contributed by atoms with E-state index >= 15 is 0 Å². The second kappa shape index (κ2) is 9.21. The van der Waals surface area contributed by atoms with Crippen LogP contribution in [0.4, 0.5) is 15.8 Å². The van der Waals surface area contributed by atoms with Gasteiger partial charge in [-0.05, 0) is 54.3 Å². The molecule has 0 bridgehead atoms. The lowest BCUT2D eigenvalue weighted by atomic mass is 9.99. The lowest BCUT2D eigenvalue weighted by Crippen LogP contribution is -2.49. The summed E-state index contributed by atoms with van der Waals surface area (Å²) in [7, 11) is 0. The Morgan fingerprint density at radius 1 is 1.29 bits per heavy atom. The molecule has 1 aliphatic carbocycles. The number of piperazine rings is 1. The van der Waals surface area contributed by atoms with Gasteiger partial charge in [0.15, 0.2) is 0 Å². The number of amides is 1. The highest BCUT2D eigenvalue weighted by Crippen LogP contribution is 2.56. The average molecular weight is 503 g/mol. The van der Waals surface area contributed by atoms with Gasteiger partial charge in [-0.25, -0.2) is 9.18 Å². The number of anilines is 2. The maximum absolute atomic E-state index is 14.3. The third-order valence-corrected chi connectivity index (χ3v) is 7.67. The van der Waals surface area contributed by atoms with Crippen molar-refractivity contribution < 1.29 is 32.6 Å². The van der Waals surface area contributed by atoms with Crippen LogP contribution in [0.5, 0.6) is 5.75 Å². The summed E-state index contributed by atoms with van der Waals surface area (Å²) in [5.74, 6) is -1.30. The van der Waals surface area contributed by atoms with Crippen LogP contribution in [-0.2, 0) is 22.6 Å². The molecule has 0 radical (unpaired) electrons. The third-order valence-electron chi connectivity index (χ3n) is 6.98. The molecule has 2 aliphatic heterocycles. The Morgan fingerprint density at radius 2 is 2.06 bits per heavy atom. The van der Waals surface area contributed by atoms with Gasteiger partial charge < -0.3 is 19.3 Å². The minimum Gasteiger partial charge on any atom is -0.755 e. The Morgan fingerprint density at radius 3 is 2.74 bits per heavy atom. The molecule has 1 N–H and O–H groups in total. The molecular weight excluding hydrogens is 477 g/mol. The lowest BCUT2D eigenvalue weighted by Gasteiger charge is -2.35. The highest BCUT2D eigenvalue weighted by Gasteiger charge is 2.45. The largest absolute Gasteiger partial charge is 0.755 e. The summed E-state index contributed by atoms with van der Waals surface area (Å²) in [6.45, 7) is 4.36. The number of fused-ring (bicyclic) bond motifs is 3. The zero-order valence-corrected chi connectivity index (χ0v) is 19.9. The summed E-state index contributed by atoms with van der Waals surface area (Å²) in [4.78, 5) is 28.5. The molecule has 35 heavy (non-hydrogen) atoms. The first-order chi connectivity index (χ1) is 16.8. The zero-order valence-electron chi connectivity index (χ0n) is 19.1. The van der Waals surface area contributed by atoms with Gasteiger partial charge in [0.1, 0.15) is 17.1 Å². The quantitative estimate of drug-likeness (QED) is 0.579. The number of aromatic carboxylic acids is 1. The zero-order chi connectivity index (χ0) is 24.9. The summed E-state index contributed by atoms with van der Waals surface area (Å²) < 4.78 is 45.9. The number of benzene rings is 2. The highest BCUT2D eigenvalue weighted by molar-refractivity contribution is 7.81. The van der Waals surface area contributed by atoms with Gasteiger partial charge in [-0.15, -0.1) is 0 Å². The van der Waals surface area contributed by atoms with Gasteiger partial charge in [0.05, 0.1) is 35.8 Å². The number of likely N-dealkylation sites (N-methyl/N-ethyl adjacent to an activating group) is 1. The topological polar surface area (TPSA) is 113 Å². The van der Waals surface area contributed by atoms with Crippen LogP contribution in [0.1, 0.15) is 40.7 Å². The van der Waals surface area contributed by atoms with Crippen molar-refractivity contribution in [2.75, 3.05) is 37.1 Å². The minimum absolute atomic E-state index is 0.00915. The van der Waals surface area contributed by atoms with Gasteiger partial charge in [-0.3, -0.25) is 18.2 Å². The normalized spacial score (nSPS) is 22.1. The Kier molecular flexibility index (Phi) is 6.24. The van der Waals surface area contributed by atoms with E-state index in [1.165, 1.54) is 18.2 Å². The van der Waals surface area contributed by atoms with Crippen molar-refractivity contribution in [2.24, 2.45) is 5.92 Å². The van der Waals surface area contributed by atoms with Crippen LogP contribution in [0.15, 0.2) is 30.3 Å². The van der Waals surface area contributed by atoms with E-state index in [1.54, 1.807) is 11.0 Å². The number of carbonyl (C=O) groups excluding carboxylic acids is 1. The molecule has 0 spiro atoms. The van der Waals surface area contributed by atoms with Gasteiger partial charge in [-0.2, -0.15) is 0 Å². The Labute approximate surface area is 204 Å². The van der Waals surface area contributed by atoms with E-state index in [9.17, 15) is 27.8 Å². The number of nitrogens with zero attached hydrogens (tertiary/aromatic N) is 3. The molecule has 11 heteroatoms. The predicted octanol–water partition coefficient (Wildman–Crippen LogP) is 2.62. The Bertz CT molecular complexity index is 1220. The smallest absolute Gasteiger partial charge is 0.341 e. The monoisotopic (exact) mass is 502 g/mol.